The molecule has 2 aromatic carbocycles. The van der Waals surface area contributed by atoms with E-state index < -0.39 is 0 Å². The van der Waals surface area contributed by atoms with Gasteiger partial charge in [0.2, 0.25) is 0 Å². The van der Waals surface area contributed by atoms with E-state index in [2.05, 4.69) is 52.3 Å². The first-order valence-corrected chi connectivity index (χ1v) is 9.29. The highest BCUT2D eigenvalue weighted by atomic mass is 79.9. The number of hydrogen-bond donors (Lipinski definition) is 0. The molecule has 2 atom stereocenters. The number of thioether (sulfide) groups is 1. The van der Waals surface area contributed by atoms with E-state index in [-0.39, 0.29) is 0 Å². The van der Waals surface area contributed by atoms with Gasteiger partial charge in [-0.25, -0.2) is 0 Å². The molecule has 1 aliphatic rings. The van der Waals surface area contributed by atoms with Crippen molar-refractivity contribution in [3.8, 4) is 0 Å². The molecule has 0 amide bonds. The average Bonchev–Trinajstić information content (AvgIpc) is 2.89. The van der Waals surface area contributed by atoms with E-state index in [4.69, 9.17) is 11.6 Å². The summed E-state index contributed by atoms with van der Waals surface area (Å²) in [6.07, 6.45) is 1.19. The zero-order chi connectivity index (χ0) is 13.9. The molecule has 0 saturated heterocycles. The van der Waals surface area contributed by atoms with Gasteiger partial charge >= 0.3 is 0 Å². The van der Waals surface area contributed by atoms with Crippen molar-refractivity contribution in [2.45, 2.75) is 23.2 Å². The second kappa shape index (κ2) is 6.55. The second-order valence-electron chi connectivity index (χ2n) is 5.18. The SMILES string of the molecule is Clc1ccc(C(CBr)CC2CSc3ccccc32)cc1. The molecule has 0 N–H and O–H groups in total. The highest BCUT2D eigenvalue weighted by Gasteiger charge is 2.25. The molecule has 2 unspecified atom stereocenters. The van der Waals surface area contributed by atoms with Crippen molar-refractivity contribution < 1.29 is 0 Å². The average molecular weight is 368 g/mol. The zero-order valence-electron chi connectivity index (χ0n) is 11.1. The van der Waals surface area contributed by atoms with Gasteiger partial charge in [-0.05, 0) is 47.6 Å². The van der Waals surface area contributed by atoms with Crippen LogP contribution in [0.1, 0.15) is 29.4 Å². The first-order valence-electron chi connectivity index (χ1n) is 6.81. The third kappa shape index (κ3) is 3.08. The molecular formula is C17H16BrClS. The molecule has 1 aliphatic heterocycles. The van der Waals surface area contributed by atoms with Crippen LogP contribution in [-0.4, -0.2) is 11.1 Å². The fraction of sp³-hybridized carbons (Fsp3) is 0.294. The van der Waals surface area contributed by atoms with Gasteiger partial charge < -0.3 is 0 Å². The van der Waals surface area contributed by atoms with Crippen molar-refractivity contribution in [3.05, 3.63) is 64.7 Å². The van der Waals surface area contributed by atoms with E-state index in [1.807, 2.05) is 23.9 Å². The van der Waals surface area contributed by atoms with Crippen molar-refractivity contribution in [1.29, 1.82) is 0 Å². The maximum absolute atomic E-state index is 5.98. The van der Waals surface area contributed by atoms with Crippen LogP contribution >= 0.6 is 39.3 Å². The van der Waals surface area contributed by atoms with Crippen molar-refractivity contribution in [3.63, 3.8) is 0 Å². The number of alkyl halides is 1. The van der Waals surface area contributed by atoms with Crippen LogP contribution in [-0.2, 0) is 0 Å². The van der Waals surface area contributed by atoms with Gasteiger partial charge in [-0.2, -0.15) is 0 Å². The van der Waals surface area contributed by atoms with Crippen molar-refractivity contribution in [2.24, 2.45) is 0 Å². The van der Waals surface area contributed by atoms with Gasteiger partial charge in [0.05, 0.1) is 0 Å². The first-order chi connectivity index (χ1) is 9.78. The lowest BCUT2D eigenvalue weighted by molar-refractivity contribution is 0.608. The van der Waals surface area contributed by atoms with Crippen LogP contribution < -0.4 is 0 Å². The maximum Gasteiger partial charge on any atom is 0.0406 e. The Labute approximate surface area is 138 Å². The first kappa shape index (κ1) is 14.5. The van der Waals surface area contributed by atoms with Crippen LogP contribution in [0.3, 0.4) is 0 Å². The van der Waals surface area contributed by atoms with Gasteiger partial charge in [0, 0.05) is 21.0 Å². The summed E-state index contributed by atoms with van der Waals surface area (Å²) >= 11 is 11.6. The minimum Gasteiger partial charge on any atom is -0.125 e. The van der Waals surface area contributed by atoms with E-state index in [1.54, 1.807) is 0 Å². The van der Waals surface area contributed by atoms with Crippen LogP contribution in [0.15, 0.2) is 53.4 Å². The highest BCUT2D eigenvalue weighted by molar-refractivity contribution is 9.09. The molecule has 0 aromatic heterocycles. The predicted octanol–water partition coefficient (Wildman–Crippen LogP) is 6.10. The van der Waals surface area contributed by atoms with Gasteiger partial charge in [0.15, 0.2) is 0 Å². The topological polar surface area (TPSA) is 0 Å². The third-order valence-corrected chi connectivity index (χ3v) is 6.18. The van der Waals surface area contributed by atoms with Crippen molar-refractivity contribution in [1.82, 2.24) is 0 Å². The smallest absolute Gasteiger partial charge is 0.0406 e. The van der Waals surface area contributed by atoms with Gasteiger partial charge in [-0.1, -0.05) is 57.9 Å². The molecule has 0 bridgehead atoms. The Kier molecular flexibility index (Phi) is 4.75. The summed E-state index contributed by atoms with van der Waals surface area (Å²) in [6, 6.07) is 17.1. The lowest BCUT2D eigenvalue weighted by atomic mass is 9.87. The van der Waals surface area contributed by atoms with Crippen LogP contribution in [0.5, 0.6) is 0 Å². The van der Waals surface area contributed by atoms with Gasteiger partial charge in [0.25, 0.3) is 0 Å². The molecule has 3 rings (SSSR count). The molecule has 0 nitrogen and oxygen atoms in total. The Hall–Kier alpha value is -0.440. The number of fused-ring (bicyclic) bond motifs is 1. The van der Waals surface area contributed by atoms with E-state index in [0.717, 1.165) is 10.4 Å². The third-order valence-electron chi connectivity index (χ3n) is 3.90. The summed E-state index contributed by atoms with van der Waals surface area (Å²) in [5.74, 6) is 2.41. The van der Waals surface area contributed by atoms with E-state index in [9.17, 15) is 0 Å². The Morgan fingerprint density at radius 1 is 1.15 bits per heavy atom. The minimum absolute atomic E-state index is 0.545. The van der Waals surface area contributed by atoms with E-state index in [1.165, 1.54) is 28.2 Å². The summed E-state index contributed by atoms with van der Waals surface area (Å²) in [7, 11) is 0. The number of benzene rings is 2. The molecule has 3 heteroatoms. The lowest BCUT2D eigenvalue weighted by Gasteiger charge is -2.19. The Morgan fingerprint density at radius 2 is 1.90 bits per heavy atom. The molecule has 2 aromatic rings. The van der Waals surface area contributed by atoms with Crippen LogP contribution in [0, 0.1) is 0 Å². The molecule has 0 aliphatic carbocycles. The van der Waals surface area contributed by atoms with E-state index >= 15 is 0 Å². The van der Waals surface area contributed by atoms with E-state index in [0.29, 0.717) is 11.8 Å². The fourth-order valence-electron chi connectivity index (χ4n) is 2.79. The van der Waals surface area contributed by atoms with Gasteiger partial charge in [0.1, 0.15) is 0 Å². The number of hydrogen-bond acceptors (Lipinski definition) is 1. The summed E-state index contributed by atoms with van der Waals surface area (Å²) in [4.78, 5) is 1.46. The standard InChI is InChI=1S/C17H16BrClS/c18-10-13(12-5-7-15(19)8-6-12)9-14-11-20-17-4-2-1-3-16(14)17/h1-8,13-14H,9-11H2. The molecule has 1 heterocycles. The zero-order valence-corrected chi connectivity index (χ0v) is 14.2. The van der Waals surface area contributed by atoms with Crippen LogP contribution in [0.2, 0.25) is 5.02 Å². The van der Waals surface area contributed by atoms with Crippen molar-refractivity contribution >= 4 is 39.3 Å². The quantitative estimate of drug-likeness (QED) is 0.588. The normalized spacial score (nSPS) is 18.8. The second-order valence-corrected chi connectivity index (χ2v) is 7.33. The highest BCUT2D eigenvalue weighted by Crippen LogP contribution is 2.44. The maximum atomic E-state index is 5.98. The minimum atomic E-state index is 0.545. The molecule has 0 radical (unpaired) electrons. The Balaban J connectivity index is 1.78. The summed E-state index contributed by atoms with van der Waals surface area (Å²) in [5, 5.41) is 1.81. The summed E-state index contributed by atoms with van der Waals surface area (Å²) in [6.45, 7) is 0. The fourth-order valence-corrected chi connectivity index (χ4v) is 4.83. The molecule has 20 heavy (non-hydrogen) atoms. The van der Waals surface area contributed by atoms with Crippen molar-refractivity contribution in [2.75, 3.05) is 11.1 Å². The van der Waals surface area contributed by atoms with Crippen LogP contribution in [0.25, 0.3) is 0 Å². The largest absolute Gasteiger partial charge is 0.125 e. The molecular weight excluding hydrogens is 352 g/mol. The molecule has 0 saturated carbocycles. The summed E-state index contributed by atoms with van der Waals surface area (Å²) < 4.78 is 0. The Bertz CT molecular complexity index is 582. The molecule has 0 fully saturated rings. The van der Waals surface area contributed by atoms with Crippen LogP contribution in [0.4, 0.5) is 0 Å². The number of halogens is 2. The predicted molar refractivity (Wildman–Crippen MR) is 92.5 cm³/mol. The Morgan fingerprint density at radius 3 is 2.65 bits per heavy atom. The monoisotopic (exact) mass is 366 g/mol. The van der Waals surface area contributed by atoms with Gasteiger partial charge in [-0.15, -0.1) is 11.8 Å². The lowest BCUT2D eigenvalue weighted by Crippen LogP contribution is -2.07. The number of rotatable bonds is 4. The van der Waals surface area contributed by atoms with Gasteiger partial charge in [-0.3, -0.25) is 0 Å². The molecule has 0 spiro atoms. The summed E-state index contributed by atoms with van der Waals surface area (Å²) in [5.41, 5.74) is 2.90. The molecule has 104 valence electrons.